The van der Waals surface area contributed by atoms with Gasteiger partial charge in [-0.15, -0.1) is 0 Å². The molecule has 0 saturated heterocycles. The van der Waals surface area contributed by atoms with E-state index in [1.807, 2.05) is 12.1 Å². The molecule has 1 aromatic heterocycles. The molecule has 0 aliphatic carbocycles. The lowest BCUT2D eigenvalue weighted by Crippen LogP contribution is -2.26. The second-order valence-electron chi connectivity index (χ2n) is 4.15. The lowest BCUT2D eigenvalue weighted by molar-refractivity contribution is 0.0784. The summed E-state index contributed by atoms with van der Waals surface area (Å²) in [6.45, 7) is 0.506. The standard InChI is InChI=1S/C14H12BrClN2O/c1-18(9-10-3-2-6-17-8-10)14(19)12-7-11(16)4-5-13(12)15/h2-8H,9H2,1H3. The van der Waals surface area contributed by atoms with Gasteiger partial charge in [0.25, 0.3) is 5.91 Å². The van der Waals surface area contributed by atoms with Crippen molar-refractivity contribution in [1.29, 1.82) is 0 Å². The second-order valence-corrected chi connectivity index (χ2v) is 5.44. The minimum Gasteiger partial charge on any atom is -0.337 e. The summed E-state index contributed by atoms with van der Waals surface area (Å²) >= 11 is 9.29. The minimum atomic E-state index is -0.0850. The van der Waals surface area contributed by atoms with Gasteiger partial charge in [-0.05, 0) is 45.8 Å². The van der Waals surface area contributed by atoms with E-state index in [4.69, 9.17) is 11.6 Å². The van der Waals surface area contributed by atoms with E-state index in [1.54, 1.807) is 42.5 Å². The molecule has 0 aliphatic heterocycles. The summed E-state index contributed by atoms with van der Waals surface area (Å²) < 4.78 is 0.736. The van der Waals surface area contributed by atoms with E-state index in [0.29, 0.717) is 17.1 Å². The predicted molar refractivity (Wildman–Crippen MR) is 79.2 cm³/mol. The fourth-order valence-electron chi connectivity index (χ4n) is 1.70. The van der Waals surface area contributed by atoms with E-state index in [1.165, 1.54) is 0 Å². The lowest BCUT2D eigenvalue weighted by Gasteiger charge is -2.18. The first-order valence-electron chi connectivity index (χ1n) is 5.67. The quantitative estimate of drug-likeness (QED) is 0.853. The number of amides is 1. The molecule has 0 unspecified atom stereocenters. The van der Waals surface area contributed by atoms with Gasteiger partial charge in [0.2, 0.25) is 0 Å². The van der Waals surface area contributed by atoms with Crippen LogP contribution in [0.3, 0.4) is 0 Å². The molecule has 0 radical (unpaired) electrons. The number of hydrogen-bond donors (Lipinski definition) is 0. The van der Waals surface area contributed by atoms with Crippen LogP contribution in [-0.4, -0.2) is 22.8 Å². The molecule has 19 heavy (non-hydrogen) atoms. The molecule has 0 atom stereocenters. The van der Waals surface area contributed by atoms with Crippen LogP contribution in [-0.2, 0) is 6.54 Å². The number of hydrogen-bond acceptors (Lipinski definition) is 2. The summed E-state index contributed by atoms with van der Waals surface area (Å²) in [7, 11) is 1.75. The van der Waals surface area contributed by atoms with Crippen LogP contribution in [0.15, 0.2) is 47.2 Å². The van der Waals surface area contributed by atoms with Crippen molar-refractivity contribution < 1.29 is 4.79 Å². The molecule has 2 rings (SSSR count). The minimum absolute atomic E-state index is 0.0850. The summed E-state index contributed by atoms with van der Waals surface area (Å²) in [5.74, 6) is -0.0850. The maximum absolute atomic E-state index is 12.3. The van der Waals surface area contributed by atoms with Gasteiger partial charge in [-0.25, -0.2) is 0 Å². The predicted octanol–water partition coefficient (Wildman–Crippen LogP) is 3.77. The smallest absolute Gasteiger partial charge is 0.255 e. The van der Waals surface area contributed by atoms with Crippen LogP contribution in [0.25, 0.3) is 0 Å². The highest BCUT2D eigenvalue weighted by Gasteiger charge is 2.15. The molecule has 3 nitrogen and oxygen atoms in total. The Hall–Kier alpha value is -1.39. The highest BCUT2D eigenvalue weighted by molar-refractivity contribution is 9.10. The molecule has 98 valence electrons. The topological polar surface area (TPSA) is 33.2 Å². The van der Waals surface area contributed by atoms with Crippen molar-refractivity contribution in [3.8, 4) is 0 Å². The molecular weight excluding hydrogens is 328 g/mol. The Kier molecular flexibility index (Phi) is 4.56. The fourth-order valence-corrected chi connectivity index (χ4v) is 2.29. The van der Waals surface area contributed by atoms with Gasteiger partial charge < -0.3 is 4.90 Å². The largest absolute Gasteiger partial charge is 0.337 e. The molecule has 1 heterocycles. The molecule has 0 aliphatic rings. The van der Waals surface area contributed by atoms with Crippen LogP contribution >= 0.6 is 27.5 Å². The zero-order valence-corrected chi connectivity index (χ0v) is 12.6. The van der Waals surface area contributed by atoms with Crippen molar-refractivity contribution in [3.05, 3.63) is 63.3 Å². The zero-order chi connectivity index (χ0) is 13.8. The Morgan fingerprint density at radius 1 is 1.42 bits per heavy atom. The van der Waals surface area contributed by atoms with Crippen LogP contribution in [0, 0.1) is 0 Å². The number of carbonyl (C=O) groups excluding carboxylic acids is 1. The van der Waals surface area contributed by atoms with E-state index in [9.17, 15) is 4.79 Å². The monoisotopic (exact) mass is 338 g/mol. The molecule has 5 heteroatoms. The molecule has 2 aromatic rings. The van der Waals surface area contributed by atoms with Crippen molar-refractivity contribution in [2.24, 2.45) is 0 Å². The van der Waals surface area contributed by atoms with E-state index in [2.05, 4.69) is 20.9 Å². The number of halogens is 2. The summed E-state index contributed by atoms with van der Waals surface area (Å²) in [5, 5.41) is 0.543. The summed E-state index contributed by atoms with van der Waals surface area (Å²) in [4.78, 5) is 18.0. The first kappa shape index (κ1) is 14.0. The molecule has 0 spiro atoms. The Labute approximate surface area is 125 Å². The Bertz CT molecular complexity index is 589. The van der Waals surface area contributed by atoms with Crippen molar-refractivity contribution in [2.75, 3.05) is 7.05 Å². The number of rotatable bonds is 3. The third kappa shape index (κ3) is 3.55. The molecule has 1 aromatic carbocycles. The average molecular weight is 340 g/mol. The molecule has 1 amide bonds. The van der Waals surface area contributed by atoms with Gasteiger partial charge in [0.05, 0.1) is 5.56 Å². The summed E-state index contributed by atoms with van der Waals surface area (Å²) in [6, 6.07) is 8.96. The van der Waals surface area contributed by atoms with Gasteiger partial charge >= 0.3 is 0 Å². The van der Waals surface area contributed by atoms with Crippen LogP contribution in [0.1, 0.15) is 15.9 Å². The second kappa shape index (κ2) is 6.17. The van der Waals surface area contributed by atoms with Crippen molar-refractivity contribution in [2.45, 2.75) is 6.54 Å². The molecule has 0 bridgehead atoms. The lowest BCUT2D eigenvalue weighted by atomic mass is 10.2. The van der Waals surface area contributed by atoms with Gasteiger partial charge in [-0.2, -0.15) is 0 Å². The molecule has 0 saturated carbocycles. The van der Waals surface area contributed by atoms with Crippen molar-refractivity contribution in [1.82, 2.24) is 9.88 Å². The Morgan fingerprint density at radius 3 is 2.89 bits per heavy atom. The molecular formula is C14H12BrClN2O. The van der Waals surface area contributed by atoms with Crippen LogP contribution in [0.2, 0.25) is 5.02 Å². The maximum atomic E-state index is 12.3. The zero-order valence-electron chi connectivity index (χ0n) is 10.3. The first-order valence-corrected chi connectivity index (χ1v) is 6.84. The third-order valence-corrected chi connectivity index (χ3v) is 3.57. The summed E-state index contributed by atoms with van der Waals surface area (Å²) in [5.41, 5.74) is 1.54. The highest BCUT2D eigenvalue weighted by Crippen LogP contribution is 2.22. The number of pyridine rings is 1. The summed E-state index contributed by atoms with van der Waals surface area (Å²) in [6.07, 6.45) is 3.45. The highest BCUT2D eigenvalue weighted by atomic mass is 79.9. The van der Waals surface area contributed by atoms with Gasteiger partial charge in [0.1, 0.15) is 0 Å². The third-order valence-electron chi connectivity index (χ3n) is 2.65. The van der Waals surface area contributed by atoms with E-state index >= 15 is 0 Å². The number of aromatic nitrogens is 1. The number of nitrogens with zero attached hydrogens (tertiary/aromatic N) is 2. The number of carbonyl (C=O) groups is 1. The van der Waals surface area contributed by atoms with E-state index < -0.39 is 0 Å². The van der Waals surface area contributed by atoms with E-state index in [0.717, 1.165) is 10.0 Å². The van der Waals surface area contributed by atoms with Gasteiger partial charge in [0.15, 0.2) is 0 Å². The van der Waals surface area contributed by atoms with Crippen LogP contribution < -0.4 is 0 Å². The van der Waals surface area contributed by atoms with Crippen molar-refractivity contribution in [3.63, 3.8) is 0 Å². The SMILES string of the molecule is CN(Cc1cccnc1)C(=O)c1cc(Cl)ccc1Br. The maximum Gasteiger partial charge on any atom is 0.255 e. The van der Waals surface area contributed by atoms with Crippen LogP contribution in [0.5, 0.6) is 0 Å². The van der Waals surface area contributed by atoms with Crippen LogP contribution in [0.4, 0.5) is 0 Å². The van der Waals surface area contributed by atoms with Crippen molar-refractivity contribution >= 4 is 33.4 Å². The molecule has 0 N–H and O–H groups in total. The Morgan fingerprint density at radius 2 is 2.21 bits per heavy atom. The average Bonchev–Trinajstić information content (AvgIpc) is 2.42. The Balaban J connectivity index is 2.17. The van der Waals surface area contributed by atoms with E-state index in [-0.39, 0.29) is 5.91 Å². The van der Waals surface area contributed by atoms with Gasteiger partial charge in [-0.1, -0.05) is 17.7 Å². The normalized spacial score (nSPS) is 10.3. The first-order chi connectivity index (χ1) is 9.08. The fraction of sp³-hybridized carbons (Fsp3) is 0.143. The number of benzene rings is 1. The van der Waals surface area contributed by atoms with Gasteiger partial charge in [-0.3, -0.25) is 9.78 Å². The van der Waals surface area contributed by atoms with Gasteiger partial charge in [0, 0.05) is 35.5 Å². The molecule has 0 fully saturated rings.